The highest BCUT2D eigenvalue weighted by atomic mass is 16.3. The number of nitrogens with two attached hydrogens (primary N) is 1. The Balaban J connectivity index is 1.42. The molecule has 30 heavy (non-hydrogen) atoms. The number of allylic oxidation sites excluding steroid dienone is 1. The summed E-state index contributed by atoms with van der Waals surface area (Å²) < 4.78 is 8.27. The number of benzene rings is 1. The number of nitrogens with zero attached hydrogens (tertiary/aromatic N) is 3. The Morgan fingerprint density at radius 1 is 1.10 bits per heavy atom. The lowest BCUT2D eigenvalue weighted by Crippen LogP contribution is -2.29. The van der Waals surface area contributed by atoms with Crippen molar-refractivity contribution in [3.63, 3.8) is 0 Å². The molecule has 0 radical (unpaired) electrons. The maximum absolute atomic E-state index is 6.18. The lowest BCUT2D eigenvalue weighted by Gasteiger charge is -2.22. The van der Waals surface area contributed by atoms with E-state index in [1.807, 2.05) is 12.4 Å². The number of aromatic nitrogens is 3. The average Bonchev–Trinajstić information content (AvgIpc) is 3.53. The van der Waals surface area contributed by atoms with Crippen LogP contribution in [0.25, 0.3) is 39.5 Å². The van der Waals surface area contributed by atoms with Gasteiger partial charge in [-0.2, -0.15) is 5.10 Å². The molecule has 1 saturated heterocycles. The Hall–Kier alpha value is -3.38. The van der Waals surface area contributed by atoms with Gasteiger partial charge in [0.15, 0.2) is 11.4 Å². The van der Waals surface area contributed by atoms with Gasteiger partial charge in [-0.05, 0) is 55.6 Å². The molecule has 0 amide bonds. The summed E-state index contributed by atoms with van der Waals surface area (Å²) in [7, 11) is 0. The largest absolute Gasteiger partial charge is 0.452 e. The van der Waals surface area contributed by atoms with Gasteiger partial charge in [0.1, 0.15) is 5.76 Å². The number of rotatable bonds is 3. The standard InChI is InChI=1S/C24H23N5O/c25-24-23-20(11-22(30-23)17-5-4-15-2-1-3-16(15)10-17)21(13-27-24)18-12-28-29(14-18)19-6-8-26-9-7-19/h1,3-5,10-14,19,26H,2,6-9H2,(H2,25,27). The zero-order chi connectivity index (χ0) is 20.1. The van der Waals surface area contributed by atoms with Gasteiger partial charge in [0.25, 0.3) is 0 Å². The van der Waals surface area contributed by atoms with Crippen molar-refractivity contribution in [2.75, 3.05) is 18.8 Å². The average molecular weight is 397 g/mol. The molecule has 1 aromatic carbocycles. The summed E-state index contributed by atoms with van der Waals surface area (Å²) in [5.41, 5.74) is 12.5. The molecule has 0 saturated carbocycles. The molecule has 1 aliphatic carbocycles. The van der Waals surface area contributed by atoms with Crippen LogP contribution in [-0.2, 0) is 6.42 Å². The van der Waals surface area contributed by atoms with Gasteiger partial charge >= 0.3 is 0 Å². The molecular weight excluding hydrogens is 374 g/mol. The second-order valence-electron chi connectivity index (χ2n) is 8.12. The normalized spacial score (nSPS) is 16.4. The predicted octanol–water partition coefficient (Wildman–Crippen LogP) is 4.43. The topological polar surface area (TPSA) is 81.9 Å². The van der Waals surface area contributed by atoms with E-state index in [1.165, 1.54) is 11.1 Å². The molecule has 0 bridgehead atoms. The van der Waals surface area contributed by atoms with Crippen LogP contribution in [0.1, 0.15) is 30.0 Å². The van der Waals surface area contributed by atoms with E-state index >= 15 is 0 Å². The fourth-order valence-electron chi connectivity index (χ4n) is 4.57. The van der Waals surface area contributed by atoms with Gasteiger partial charge in [-0.25, -0.2) is 4.98 Å². The molecule has 4 aromatic rings. The summed E-state index contributed by atoms with van der Waals surface area (Å²) in [4.78, 5) is 4.40. The molecule has 0 unspecified atom stereocenters. The van der Waals surface area contributed by atoms with E-state index in [4.69, 9.17) is 10.2 Å². The SMILES string of the molecule is Nc1ncc(-c2cnn(C3CCNCC3)c2)c2cc(-c3ccc4c(c3)C=CC4)oc12. The van der Waals surface area contributed by atoms with Crippen LogP contribution in [0, 0.1) is 0 Å². The van der Waals surface area contributed by atoms with Crippen LogP contribution in [0.3, 0.4) is 0 Å². The van der Waals surface area contributed by atoms with E-state index in [2.05, 4.69) is 62.7 Å². The number of pyridine rings is 1. The Morgan fingerprint density at radius 3 is 2.90 bits per heavy atom. The first kappa shape index (κ1) is 17.5. The molecule has 0 atom stereocenters. The second-order valence-corrected chi connectivity index (χ2v) is 8.12. The Bertz CT molecular complexity index is 1280. The molecule has 0 spiro atoms. The van der Waals surface area contributed by atoms with Gasteiger partial charge in [-0.15, -0.1) is 0 Å². The van der Waals surface area contributed by atoms with Gasteiger partial charge in [-0.3, -0.25) is 4.68 Å². The number of nitrogens with one attached hydrogen (secondary N) is 1. The quantitative estimate of drug-likeness (QED) is 0.534. The van der Waals surface area contributed by atoms with Crippen molar-refractivity contribution in [1.29, 1.82) is 0 Å². The minimum Gasteiger partial charge on any atom is -0.452 e. The smallest absolute Gasteiger partial charge is 0.177 e. The van der Waals surface area contributed by atoms with Crippen molar-refractivity contribution >= 4 is 22.9 Å². The highest BCUT2D eigenvalue weighted by Gasteiger charge is 2.19. The van der Waals surface area contributed by atoms with Crippen molar-refractivity contribution in [3.05, 3.63) is 60.1 Å². The third-order valence-electron chi connectivity index (χ3n) is 6.25. The van der Waals surface area contributed by atoms with Crippen molar-refractivity contribution in [1.82, 2.24) is 20.1 Å². The molecule has 4 heterocycles. The molecule has 3 aromatic heterocycles. The van der Waals surface area contributed by atoms with E-state index in [9.17, 15) is 0 Å². The monoisotopic (exact) mass is 397 g/mol. The van der Waals surface area contributed by atoms with Crippen LogP contribution >= 0.6 is 0 Å². The number of hydrogen-bond acceptors (Lipinski definition) is 5. The van der Waals surface area contributed by atoms with Gasteiger partial charge < -0.3 is 15.5 Å². The maximum Gasteiger partial charge on any atom is 0.177 e. The van der Waals surface area contributed by atoms with Gasteiger partial charge in [0.05, 0.1) is 12.2 Å². The Labute approximate surface area is 174 Å². The maximum atomic E-state index is 6.18. The van der Waals surface area contributed by atoms with Crippen LogP contribution in [0.15, 0.2) is 53.3 Å². The first-order valence-corrected chi connectivity index (χ1v) is 10.5. The fraction of sp³-hybridized carbons (Fsp3) is 0.250. The summed E-state index contributed by atoms with van der Waals surface area (Å²) in [5, 5.41) is 9.02. The zero-order valence-corrected chi connectivity index (χ0v) is 16.6. The van der Waals surface area contributed by atoms with Crippen molar-refractivity contribution in [2.24, 2.45) is 0 Å². The number of furan rings is 1. The molecule has 6 rings (SSSR count). The van der Waals surface area contributed by atoms with Crippen molar-refractivity contribution in [3.8, 4) is 22.5 Å². The number of hydrogen-bond donors (Lipinski definition) is 2. The second kappa shape index (κ2) is 6.85. The highest BCUT2D eigenvalue weighted by molar-refractivity contribution is 6.00. The Morgan fingerprint density at radius 2 is 2.00 bits per heavy atom. The van der Waals surface area contributed by atoms with Gasteiger partial charge in [0.2, 0.25) is 0 Å². The predicted molar refractivity (Wildman–Crippen MR) is 119 cm³/mol. The number of nitrogen functional groups attached to an aromatic ring is 1. The third-order valence-corrected chi connectivity index (χ3v) is 6.25. The fourth-order valence-corrected chi connectivity index (χ4v) is 4.57. The lowest BCUT2D eigenvalue weighted by molar-refractivity contribution is 0.343. The Kier molecular flexibility index (Phi) is 3.99. The minimum absolute atomic E-state index is 0.409. The van der Waals surface area contributed by atoms with E-state index in [0.717, 1.165) is 60.2 Å². The summed E-state index contributed by atoms with van der Waals surface area (Å²) in [6.45, 7) is 2.07. The van der Waals surface area contributed by atoms with Crippen molar-refractivity contribution in [2.45, 2.75) is 25.3 Å². The number of anilines is 1. The van der Waals surface area contributed by atoms with Crippen molar-refractivity contribution < 1.29 is 4.42 Å². The van der Waals surface area contributed by atoms with E-state index in [-0.39, 0.29) is 0 Å². The molecule has 6 heteroatoms. The number of piperidine rings is 1. The summed E-state index contributed by atoms with van der Waals surface area (Å²) in [6, 6.07) is 8.97. The first-order chi connectivity index (χ1) is 14.8. The van der Waals surface area contributed by atoms with Crippen LogP contribution in [-0.4, -0.2) is 27.9 Å². The summed E-state index contributed by atoms with van der Waals surface area (Å²) in [6.07, 6.45) is 13.4. The van der Waals surface area contributed by atoms with Crippen LogP contribution < -0.4 is 11.1 Å². The van der Waals surface area contributed by atoms with E-state index < -0.39 is 0 Å². The van der Waals surface area contributed by atoms with E-state index in [0.29, 0.717) is 17.4 Å². The molecule has 2 aliphatic rings. The molecule has 150 valence electrons. The van der Waals surface area contributed by atoms with Gasteiger partial charge in [-0.1, -0.05) is 24.3 Å². The minimum atomic E-state index is 0.409. The summed E-state index contributed by atoms with van der Waals surface area (Å²) >= 11 is 0. The van der Waals surface area contributed by atoms with Crippen LogP contribution in [0.2, 0.25) is 0 Å². The van der Waals surface area contributed by atoms with Gasteiger partial charge in [0, 0.05) is 34.5 Å². The lowest BCUT2D eigenvalue weighted by atomic mass is 10.0. The third kappa shape index (κ3) is 2.83. The molecular formula is C24H23N5O. The highest BCUT2D eigenvalue weighted by Crippen LogP contribution is 2.37. The van der Waals surface area contributed by atoms with E-state index in [1.54, 1.807) is 0 Å². The molecule has 6 nitrogen and oxygen atoms in total. The van der Waals surface area contributed by atoms with Crippen LogP contribution in [0.5, 0.6) is 0 Å². The first-order valence-electron chi connectivity index (χ1n) is 10.5. The number of fused-ring (bicyclic) bond motifs is 2. The molecule has 1 aliphatic heterocycles. The zero-order valence-electron chi connectivity index (χ0n) is 16.6. The van der Waals surface area contributed by atoms with Crippen LogP contribution in [0.4, 0.5) is 5.82 Å². The molecule has 1 fully saturated rings. The summed E-state index contributed by atoms with van der Waals surface area (Å²) in [5.74, 6) is 1.21. The molecule has 3 N–H and O–H groups in total.